The number of alkyl halides is 2. The number of ether oxygens (including phenoxy) is 2. The lowest BCUT2D eigenvalue weighted by atomic mass is 9.84. The molecule has 0 spiro atoms. The molecule has 7 rings (SSSR count). The van der Waals surface area contributed by atoms with Gasteiger partial charge in [-0.25, -0.2) is 24.0 Å². The summed E-state index contributed by atoms with van der Waals surface area (Å²) in [4.78, 5) is 66.4. The Bertz CT molecular complexity index is 2640. The van der Waals surface area contributed by atoms with Crippen molar-refractivity contribution in [3.05, 3.63) is 112 Å². The minimum Gasteiger partial charge on any atom is -0.465 e. The maximum atomic E-state index is 16.1. The molecule has 6 unspecified atom stereocenters. The van der Waals surface area contributed by atoms with Crippen LogP contribution < -0.4 is 26.3 Å². The molecule has 74 heavy (non-hydrogen) atoms. The summed E-state index contributed by atoms with van der Waals surface area (Å²) in [6, 6.07) is 15.6. The van der Waals surface area contributed by atoms with E-state index in [1.807, 2.05) is 17.4 Å². The van der Waals surface area contributed by atoms with Crippen LogP contribution in [-0.2, 0) is 32.0 Å². The molecule has 0 saturated carbocycles. The normalized spacial score (nSPS) is 18.5. The number of pyridine rings is 2. The molecule has 0 aliphatic carbocycles. The lowest BCUT2D eigenvalue weighted by molar-refractivity contribution is -0.133. The van der Waals surface area contributed by atoms with Gasteiger partial charge >= 0.3 is 12.2 Å². The Kier molecular flexibility index (Phi) is 18.1. The second kappa shape index (κ2) is 24.2. The van der Waals surface area contributed by atoms with E-state index in [4.69, 9.17) is 26.1 Å². The number of amides is 4. The van der Waals surface area contributed by atoms with Crippen molar-refractivity contribution in [2.75, 3.05) is 58.2 Å². The molecular formula is C53H63ClF3N9O8. The number of aliphatic hydroxyl groups excluding tert-OH is 1. The number of carboxylic acid groups (broad SMARTS) is 1. The fraction of sp³-hybridized carbons (Fsp3) is 0.472. The first kappa shape index (κ1) is 55.3. The summed E-state index contributed by atoms with van der Waals surface area (Å²) in [6.45, 7) is 5.61. The van der Waals surface area contributed by atoms with Gasteiger partial charge in [-0.2, -0.15) is 0 Å². The topological polar surface area (TPSA) is 211 Å². The average molecular weight is 1050 g/mol. The fourth-order valence-corrected chi connectivity index (χ4v) is 9.74. The monoisotopic (exact) mass is 1050 g/mol. The van der Waals surface area contributed by atoms with Crippen LogP contribution in [0.5, 0.6) is 0 Å². The van der Waals surface area contributed by atoms with E-state index in [1.54, 1.807) is 48.7 Å². The lowest BCUT2D eigenvalue weighted by Gasteiger charge is -2.47. The third-order valence-electron chi connectivity index (χ3n) is 13.8. The number of nitrogens with one attached hydrogen (secondary N) is 4. The fourth-order valence-electron chi connectivity index (χ4n) is 9.47. The Hall–Kier alpha value is -6.50. The van der Waals surface area contributed by atoms with E-state index >= 15 is 4.39 Å². The van der Waals surface area contributed by atoms with Gasteiger partial charge in [0.15, 0.2) is 0 Å². The highest BCUT2D eigenvalue weighted by Crippen LogP contribution is 2.36. The van der Waals surface area contributed by atoms with Crippen molar-refractivity contribution in [2.24, 2.45) is 10.8 Å². The van der Waals surface area contributed by atoms with Crippen LogP contribution in [0.15, 0.2) is 79.1 Å². The summed E-state index contributed by atoms with van der Waals surface area (Å²) in [5, 5.41) is 29.9. The molecule has 2 aromatic carbocycles. The Morgan fingerprint density at radius 3 is 2.08 bits per heavy atom. The molecule has 3 aliphatic heterocycles. The summed E-state index contributed by atoms with van der Waals surface area (Å²) in [7, 11) is 1.08. The number of piperazine rings is 1. The molecule has 3 saturated heterocycles. The number of anilines is 1. The van der Waals surface area contributed by atoms with Gasteiger partial charge in [-0.1, -0.05) is 69.3 Å². The summed E-state index contributed by atoms with van der Waals surface area (Å²) < 4.78 is 55.2. The number of rotatable bonds is 20. The molecule has 2 bridgehead atoms. The van der Waals surface area contributed by atoms with E-state index in [0.29, 0.717) is 46.1 Å². The first-order valence-corrected chi connectivity index (χ1v) is 24.7. The van der Waals surface area contributed by atoms with Crippen molar-refractivity contribution in [3.8, 4) is 23.1 Å². The number of alkyl carbamates (subject to hydrolysis) is 1. The van der Waals surface area contributed by atoms with E-state index in [0.717, 1.165) is 44.2 Å². The van der Waals surface area contributed by atoms with Crippen LogP contribution in [0.1, 0.15) is 62.8 Å². The van der Waals surface area contributed by atoms with Crippen molar-refractivity contribution >= 4 is 41.4 Å². The number of fused-ring (bicyclic) bond motifs is 2. The van der Waals surface area contributed by atoms with Gasteiger partial charge in [0.25, 0.3) is 5.91 Å². The highest BCUT2D eigenvalue weighted by atomic mass is 35.5. The molecule has 3 fully saturated rings. The predicted octanol–water partition coefficient (Wildman–Crippen LogP) is 5.66. The lowest BCUT2D eigenvalue weighted by Crippen LogP contribution is -2.62. The van der Waals surface area contributed by atoms with Gasteiger partial charge in [0, 0.05) is 88.8 Å². The number of methoxy groups -OCH3 is 1. The minimum atomic E-state index is -1.69. The molecule has 0 radical (unpaired) electrons. The number of halogens is 4. The molecule has 17 nitrogen and oxygen atoms in total. The Morgan fingerprint density at radius 1 is 0.878 bits per heavy atom. The number of aliphatic hydroxyl groups is 1. The van der Waals surface area contributed by atoms with Crippen molar-refractivity contribution < 1.29 is 52.0 Å². The highest BCUT2D eigenvalue weighted by molar-refractivity contribution is 6.31. The Morgan fingerprint density at radius 2 is 1.53 bits per heavy atom. The van der Waals surface area contributed by atoms with Gasteiger partial charge in [-0.3, -0.25) is 33.7 Å². The number of carbonyl (C=O) groups is 4. The van der Waals surface area contributed by atoms with Crippen LogP contribution in [0, 0.1) is 28.5 Å². The molecule has 5 heterocycles. The number of aromatic nitrogens is 2. The van der Waals surface area contributed by atoms with Crippen molar-refractivity contribution in [3.63, 3.8) is 0 Å². The van der Waals surface area contributed by atoms with E-state index in [-0.39, 0.29) is 17.0 Å². The summed E-state index contributed by atoms with van der Waals surface area (Å²) in [5.41, 5.74) is 1.99. The first-order chi connectivity index (χ1) is 35.3. The van der Waals surface area contributed by atoms with Crippen LogP contribution in [-0.4, -0.2) is 150 Å². The Balaban J connectivity index is 1.13. The molecule has 6 atom stereocenters. The van der Waals surface area contributed by atoms with E-state index in [9.17, 15) is 38.2 Å². The van der Waals surface area contributed by atoms with Crippen molar-refractivity contribution in [2.45, 2.75) is 95.9 Å². The smallest absolute Gasteiger partial charge is 0.407 e. The van der Waals surface area contributed by atoms with E-state index in [1.165, 1.54) is 58.9 Å². The predicted molar refractivity (Wildman–Crippen MR) is 271 cm³/mol. The molecule has 396 valence electrons. The highest BCUT2D eigenvalue weighted by Gasteiger charge is 2.46. The zero-order chi connectivity index (χ0) is 53.3. The third-order valence-corrected chi connectivity index (χ3v) is 14.2. The summed E-state index contributed by atoms with van der Waals surface area (Å²) >= 11 is 6.68. The zero-order valence-electron chi connectivity index (χ0n) is 41.9. The van der Waals surface area contributed by atoms with Crippen LogP contribution in [0.2, 0.25) is 5.02 Å². The molecular weight excluding hydrogens is 983 g/mol. The van der Waals surface area contributed by atoms with Crippen molar-refractivity contribution in [1.82, 2.24) is 41.3 Å². The molecule has 21 heteroatoms. The van der Waals surface area contributed by atoms with Gasteiger partial charge in [0.2, 0.25) is 5.91 Å². The quantitative estimate of drug-likeness (QED) is 0.0467. The number of benzene rings is 2. The first-order valence-electron chi connectivity index (χ1n) is 24.3. The standard InChI is InChI=1S/C53H63ClF3N9O8/c1-52(2,30-55)46(62-51(72)73-5)48(68)60-43(20-33-12-9-32(10-13-33)11-14-34-15-18-45(59-23-34)64-24-36-16-17-37(25-64)66(36)38-28-74-29-38)44(67)27-65(63-49(69)47(61-50(70)71)53(3,4)31-56)26-39-40(54)21-35(22-41(39)57)42-8-6-7-19-58-42/h6-10,12-13,15,18-19,21-23,36-38,43-44,46-47,61,67H,16-17,20,24-31H2,1-5H3,(H,60,68)(H,62,72)(H,63,69)(H,70,71). The summed E-state index contributed by atoms with van der Waals surface area (Å²) in [6.07, 6.45) is 1.22. The van der Waals surface area contributed by atoms with Crippen LogP contribution in [0.4, 0.5) is 28.6 Å². The molecule has 2 aromatic heterocycles. The number of nitrogens with zero attached hydrogens (tertiary/aromatic N) is 5. The minimum absolute atomic E-state index is 0.0915. The zero-order valence-corrected chi connectivity index (χ0v) is 42.7. The molecule has 4 amide bonds. The third kappa shape index (κ3) is 13.6. The van der Waals surface area contributed by atoms with Gasteiger partial charge in [-0.05, 0) is 73.4 Å². The molecule has 4 aromatic rings. The molecule has 6 N–H and O–H groups in total. The SMILES string of the molecule is COC(=O)NC(C(=O)NC(Cc1ccc(C#Cc2ccc(N3CC4CCC(C3)N4C3COC3)nc2)cc1)C(O)CN(Cc1c(F)cc(-c2ccccn2)cc1Cl)NC(=O)C(NC(=O)O)C(C)(C)CF)C(C)(C)CF. The van der Waals surface area contributed by atoms with E-state index in [2.05, 4.69) is 42.7 Å². The van der Waals surface area contributed by atoms with Gasteiger partial charge < -0.3 is 40.5 Å². The Labute approximate surface area is 433 Å². The number of hydrogen-bond acceptors (Lipinski definition) is 12. The van der Waals surface area contributed by atoms with E-state index < -0.39 is 91.3 Å². The number of hydrogen-bond donors (Lipinski definition) is 6. The van der Waals surface area contributed by atoms with Crippen molar-refractivity contribution in [1.29, 1.82) is 0 Å². The second-order valence-corrected chi connectivity index (χ2v) is 20.8. The number of hydrazine groups is 1. The average Bonchev–Trinajstić information content (AvgIpc) is 3.60. The maximum Gasteiger partial charge on any atom is 0.407 e. The van der Waals surface area contributed by atoms with Gasteiger partial charge in [-0.15, -0.1) is 0 Å². The summed E-state index contributed by atoms with van der Waals surface area (Å²) in [5.74, 6) is 4.45. The van der Waals surface area contributed by atoms with Crippen LogP contribution >= 0.6 is 11.6 Å². The number of carbonyl (C=O) groups excluding carboxylic acids is 3. The second-order valence-electron chi connectivity index (χ2n) is 20.4. The van der Waals surface area contributed by atoms with Crippen LogP contribution in [0.25, 0.3) is 11.3 Å². The van der Waals surface area contributed by atoms with Gasteiger partial charge in [0.1, 0.15) is 23.7 Å². The van der Waals surface area contributed by atoms with Gasteiger partial charge in [0.05, 0.1) is 57.6 Å². The molecule has 3 aliphatic rings. The largest absolute Gasteiger partial charge is 0.465 e. The maximum absolute atomic E-state index is 16.1. The van der Waals surface area contributed by atoms with Crippen LogP contribution in [0.3, 0.4) is 0 Å².